The second-order valence-electron chi connectivity index (χ2n) is 6.06. The Hall–Kier alpha value is -3.06. The smallest absolute Gasteiger partial charge is 0.320 e. The minimum absolute atomic E-state index is 0.0252. The van der Waals surface area contributed by atoms with Crippen LogP contribution in [-0.4, -0.2) is 19.0 Å². The van der Waals surface area contributed by atoms with E-state index in [0.717, 1.165) is 17.0 Å². The third-order valence-corrected chi connectivity index (χ3v) is 3.99. The molecule has 0 spiro atoms. The summed E-state index contributed by atoms with van der Waals surface area (Å²) in [5.41, 5.74) is 1.75. The van der Waals surface area contributed by atoms with Gasteiger partial charge in [0.15, 0.2) is 0 Å². The summed E-state index contributed by atoms with van der Waals surface area (Å²) >= 11 is 0. The van der Waals surface area contributed by atoms with Crippen LogP contribution in [0.1, 0.15) is 16.7 Å². The van der Waals surface area contributed by atoms with Crippen molar-refractivity contribution in [3.8, 4) is 11.8 Å². The van der Waals surface area contributed by atoms with Crippen molar-refractivity contribution in [2.45, 2.75) is 18.8 Å². The number of benzene rings is 2. The topological polar surface area (TPSA) is 46.3 Å². The minimum Gasteiger partial charge on any atom is -0.320 e. The molecule has 0 heterocycles. The zero-order valence-corrected chi connectivity index (χ0v) is 15.2. The van der Waals surface area contributed by atoms with Crippen molar-refractivity contribution in [3.05, 3.63) is 65.0 Å². The number of amides is 1. The van der Waals surface area contributed by atoms with Gasteiger partial charge in [-0.1, -0.05) is 17.9 Å². The molecule has 0 radical (unpaired) electrons. The highest BCUT2D eigenvalue weighted by Gasteiger charge is 2.38. The molecule has 3 nitrogen and oxygen atoms in total. The maximum absolute atomic E-state index is 13.3. The first-order chi connectivity index (χ1) is 13.9. The van der Waals surface area contributed by atoms with E-state index in [1.165, 1.54) is 12.1 Å². The predicted octanol–water partition coefficient (Wildman–Crippen LogP) is 4.40. The summed E-state index contributed by atoms with van der Waals surface area (Å²) < 4.78 is 91.5. The highest BCUT2D eigenvalue weighted by molar-refractivity contribution is 5.95. The van der Waals surface area contributed by atoms with Crippen LogP contribution in [0.15, 0.2) is 42.5 Å². The fourth-order valence-electron chi connectivity index (χ4n) is 2.58. The van der Waals surface area contributed by atoms with Gasteiger partial charge in [-0.15, -0.1) is 0 Å². The third-order valence-electron chi connectivity index (χ3n) is 3.99. The highest BCUT2D eigenvalue weighted by Crippen LogP contribution is 2.37. The second kappa shape index (κ2) is 9.17. The number of carbonyl (C=O) groups excluding carboxylic acids is 1. The van der Waals surface area contributed by atoms with E-state index in [1.807, 2.05) is 0 Å². The molecule has 0 aromatic heterocycles. The van der Waals surface area contributed by atoms with Gasteiger partial charge in [0.05, 0.1) is 30.6 Å². The van der Waals surface area contributed by atoms with E-state index in [1.54, 1.807) is 0 Å². The number of rotatable bonds is 4. The number of hydrogen-bond acceptors (Lipinski definition) is 2. The van der Waals surface area contributed by atoms with Gasteiger partial charge >= 0.3 is 12.4 Å². The van der Waals surface area contributed by atoms with Gasteiger partial charge in [-0.3, -0.25) is 4.79 Å². The lowest BCUT2D eigenvalue weighted by atomic mass is 10.00. The minimum atomic E-state index is -5.10. The van der Waals surface area contributed by atoms with E-state index in [-0.39, 0.29) is 24.8 Å². The molecule has 1 amide bonds. The molecular weight excluding hydrogens is 417 g/mol. The Kier molecular flexibility index (Phi) is 7.10. The largest absolute Gasteiger partial charge is 0.416 e. The van der Waals surface area contributed by atoms with Crippen LogP contribution < -0.4 is 10.6 Å². The lowest BCUT2D eigenvalue weighted by molar-refractivity contribution is -0.143. The number of hydrogen-bond donors (Lipinski definition) is 1. The van der Waals surface area contributed by atoms with E-state index in [9.17, 15) is 35.5 Å². The van der Waals surface area contributed by atoms with Crippen LogP contribution in [0.2, 0.25) is 0 Å². The van der Waals surface area contributed by atoms with Crippen molar-refractivity contribution < 1.29 is 35.5 Å². The average molecular weight is 432 g/mol. The van der Waals surface area contributed by atoms with Crippen molar-refractivity contribution in [2.75, 3.05) is 18.0 Å². The Morgan fingerprint density at radius 1 is 0.933 bits per heavy atom. The van der Waals surface area contributed by atoms with Crippen LogP contribution in [0.3, 0.4) is 0 Å². The molecule has 0 atom stereocenters. The lowest BCUT2D eigenvalue weighted by Crippen LogP contribution is -2.33. The number of alkyl halides is 6. The van der Waals surface area contributed by atoms with Crippen molar-refractivity contribution in [2.24, 2.45) is 5.73 Å². The Bertz CT molecular complexity index is 954. The average Bonchev–Trinajstić information content (AvgIpc) is 2.64. The maximum Gasteiger partial charge on any atom is 0.416 e. The summed E-state index contributed by atoms with van der Waals surface area (Å²) in [7, 11) is 0. The monoisotopic (exact) mass is 432 g/mol. The molecule has 2 aromatic carbocycles. The van der Waals surface area contributed by atoms with Gasteiger partial charge < -0.3 is 10.6 Å². The molecule has 2 N–H and O–H groups in total. The van der Waals surface area contributed by atoms with Crippen molar-refractivity contribution >= 4 is 11.6 Å². The molecule has 10 heteroatoms. The Balaban J connectivity index is 2.41. The van der Waals surface area contributed by atoms with Gasteiger partial charge in [0.25, 0.3) is 0 Å². The second-order valence-corrected chi connectivity index (χ2v) is 6.06. The van der Waals surface area contributed by atoms with Crippen molar-refractivity contribution in [3.63, 3.8) is 0 Å². The number of nitrogens with zero attached hydrogens (tertiary/aromatic N) is 1. The summed E-state index contributed by atoms with van der Waals surface area (Å²) in [6.07, 6.45) is -10.9. The predicted molar refractivity (Wildman–Crippen MR) is 95.7 cm³/mol. The Labute approximate surface area is 167 Å². The molecule has 0 aliphatic heterocycles. The van der Waals surface area contributed by atoms with Crippen LogP contribution in [-0.2, 0) is 23.6 Å². The molecule has 2 aromatic rings. The van der Waals surface area contributed by atoms with Crippen LogP contribution in [0, 0.1) is 17.7 Å². The van der Waals surface area contributed by atoms with E-state index in [2.05, 4.69) is 11.8 Å². The highest BCUT2D eigenvalue weighted by atomic mass is 19.4. The first-order valence-corrected chi connectivity index (χ1v) is 8.42. The van der Waals surface area contributed by atoms with Gasteiger partial charge in [0, 0.05) is 5.69 Å². The molecular formula is C20H15F7N2O. The molecule has 30 heavy (non-hydrogen) atoms. The zero-order valence-electron chi connectivity index (χ0n) is 15.2. The fraction of sp³-hybridized carbons (Fsp3) is 0.250. The molecule has 0 saturated carbocycles. The summed E-state index contributed by atoms with van der Waals surface area (Å²) in [5.74, 6) is 3.59. The standard InChI is InChI=1S/C20H15F7N2O/c21-15-5-7-16(8-6-15)29(10-2-1-9-28)18(30)11-13-3-4-14(19(22,23)24)12-17(13)20(25,26)27/h3-8,12H,9-11,28H2. The summed E-state index contributed by atoms with van der Waals surface area (Å²) in [6, 6.07) is 5.63. The Morgan fingerprint density at radius 3 is 2.10 bits per heavy atom. The number of nitrogens with two attached hydrogens (primary N) is 1. The van der Waals surface area contributed by atoms with Crippen molar-refractivity contribution in [1.82, 2.24) is 0 Å². The molecule has 160 valence electrons. The summed E-state index contributed by atoms with van der Waals surface area (Å²) in [4.78, 5) is 13.7. The van der Waals surface area contributed by atoms with Gasteiger partial charge in [0.2, 0.25) is 5.91 Å². The quantitative estimate of drug-likeness (QED) is 0.575. The first kappa shape index (κ1) is 23.2. The van der Waals surface area contributed by atoms with E-state index in [0.29, 0.717) is 12.1 Å². The normalized spacial score (nSPS) is 11.6. The van der Waals surface area contributed by atoms with Crippen LogP contribution in [0.4, 0.5) is 36.4 Å². The van der Waals surface area contributed by atoms with Crippen LogP contribution in [0.25, 0.3) is 0 Å². The molecule has 0 aliphatic carbocycles. The molecule has 2 rings (SSSR count). The fourth-order valence-corrected chi connectivity index (χ4v) is 2.58. The maximum atomic E-state index is 13.3. The number of halogens is 7. The third kappa shape index (κ3) is 5.97. The molecule has 0 aliphatic rings. The van der Waals surface area contributed by atoms with E-state index in [4.69, 9.17) is 5.73 Å². The van der Waals surface area contributed by atoms with Gasteiger partial charge in [0.1, 0.15) is 5.82 Å². The molecule has 0 bridgehead atoms. The Morgan fingerprint density at radius 2 is 1.57 bits per heavy atom. The molecule has 0 fully saturated rings. The molecule has 0 saturated heterocycles. The number of anilines is 1. The van der Waals surface area contributed by atoms with Crippen LogP contribution >= 0.6 is 0 Å². The first-order valence-electron chi connectivity index (χ1n) is 8.42. The number of carbonyl (C=O) groups is 1. The van der Waals surface area contributed by atoms with E-state index >= 15 is 0 Å². The lowest BCUT2D eigenvalue weighted by Gasteiger charge is -2.22. The summed E-state index contributed by atoms with van der Waals surface area (Å²) in [5, 5.41) is 0. The molecule has 0 unspecified atom stereocenters. The zero-order chi connectivity index (χ0) is 22.5. The summed E-state index contributed by atoms with van der Waals surface area (Å²) in [6.45, 7) is -0.272. The van der Waals surface area contributed by atoms with E-state index < -0.39 is 47.2 Å². The van der Waals surface area contributed by atoms with Gasteiger partial charge in [-0.05, 0) is 42.0 Å². The van der Waals surface area contributed by atoms with Gasteiger partial charge in [-0.2, -0.15) is 26.3 Å². The van der Waals surface area contributed by atoms with Gasteiger partial charge in [-0.25, -0.2) is 4.39 Å². The SMILES string of the molecule is NCC#CCN(C(=O)Cc1ccc(C(F)(F)F)cc1C(F)(F)F)c1ccc(F)cc1. The van der Waals surface area contributed by atoms with Crippen LogP contribution in [0.5, 0.6) is 0 Å². The van der Waals surface area contributed by atoms with Crippen molar-refractivity contribution in [1.29, 1.82) is 0 Å².